The highest BCUT2D eigenvalue weighted by molar-refractivity contribution is 7.99. The van der Waals surface area contributed by atoms with Gasteiger partial charge in [-0.15, -0.1) is 0 Å². The van der Waals surface area contributed by atoms with Gasteiger partial charge in [0.1, 0.15) is 0 Å². The van der Waals surface area contributed by atoms with Crippen LogP contribution in [0.3, 0.4) is 0 Å². The van der Waals surface area contributed by atoms with Crippen LogP contribution in [0.2, 0.25) is 0 Å². The summed E-state index contributed by atoms with van der Waals surface area (Å²) in [4.78, 5) is 11.8. The van der Waals surface area contributed by atoms with Gasteiger partial charge in [-0.3, -0.25) is 4.79 Å². The Morgan fingerprint density at radius 3 is 2.72 bits per heavy atom. The first kappa shape index (κ1) is 15.8. The van der Waals surface area contributed by atoms with Gasteiger partial charge >= 0.3 is 0 Å². The first-order valence-electron chi connectivity index (χ1n) is 7.22. The summed E-state index contributed by atoms with van der Waals surface area (Å²) >= 11 is 2.04. The highest BCUT2D eigenvalue weighted by Gasteiger charge is 2.17. The van der Waals surface area contributed by atoms with Crippen molar-refractivity contribution in [3.63, 3.8) is 0 Å². The van der Waals surface area contributed by atoms with Crippen LogP contribution in [0, 0.1) is 5.92 Å². The summed E-state index contributed by atoms with van der Waals surface area (Å²) < 4.78 is 0. The second-order valence-electron chi connectivity index (χ2n) is 5.59. The lowest BCUT2D eigenvalue weighted by Crippen LogP contribution is -2.44. The zero-order valence-corrected chi connectivity index (χ0v) is 12.8. The molecule has 1 fully saturated rings. The molecule has 1 aliphatic heterocycles. The third kappa shape index (κ3) is 6.64. The van der Waals surface area contributed by atoms with Crippen molar-refractivity contribution >= 4 is 17.7 Å². The monoisotopic (exact) mass is 272 g/mol. The predicted octanol–water partition coefficient (Wildman–Crippen LogP) is 2.41. The number of nitrogens with one attached hydrogen (secondary N) is 2. The lowest BCUT2D eigenvalue weighted by atomic mass is 10.1. The Morgan fingerprint density at radius 2 is 2.11 bits per heavy atom. The van der Waals surface area contributed by atoms with Crippen LogP contribution in [0.1, 0.15) is 46.5 Å². The first-order valence-corrected chi connectivity index (χ1v) is 8.27. The quantitative estimate of drug-likeness (QED) is 0.748. The van der Waals surface area contributed by atoms with Gasteiger partial charge in [-0.25, -0.2) is 0 Å². The number of amides is 1. The smallest absolute Gasteiger partial charge is 0.236 e. The largest absolute Gasteiger partial charge is 0.355 e. The molecule has 18 heavy (non-hydrogen) atoms. The van der Waals surface area contributed by atoms with E-state index in [4.69, 9.17) is 0 Å². The molecule has 1 aliphatic rings. The fraction of sp³-hybridized carbons (Fsp3) is 0.929. The van der Waals surface area contributed by atoms with Crippen molar-refractivity contribution in [2.24, 2.45) is 5.92 Å². The van der Waals surface area contributed by atoms with Crippen LogP contribution in [0.4, 0.5) is 0 Å². The Hall–Kier alpha value is -0.220. The van der Waals surface area contributed by atoms with Crippen LogP contribution in [-0.4, -0.2) is 36.0 Å². The molecule has 106 valence electrons. The average Bonchev–Trinajstić information content (AvgIpc) is 2.36. The topological polar surface area (TPSA) is 41.1 Å². The molecular formula is C14H28N2OS. The van der Waals surface area contributed by atoms with Crippen LogP contribution >= 0.6 is 11.8 Å². The van der Waals surface area contributed by atoms with E-state index >= 15 is 0 Å². The third-order valence-electron chi connectivity index (χ3n) is 3.34. The molecule has 0 aromatic rings. The second-order valence-corrected chi connectivity index (χ2v) is 7.00. The van der Waals surface area contributed by atoms with Crippen LogP contribution in [0.5, 0.6) is 0 Å². The zero-order valence-electron chi connectivity index (χ0n) is 12.0. The number of rotatable bonds is 7. The molecule has 0 spiro atoms. The van der Waals surface area contributed by atoms with Crippen molar-refractivity contribution in [2.75, 3.05) is 18.8 Å². The van der Waals surface area contributed by atoms with Crippen molar-refractivity contribution in [3.05, 3.63) is 0 Å². The molecule has 0 bridgehead atoms. The van der Waals surface area contributed by atoms with E-state index in [2.05, 4.69) is 24.5 Å². The summed E-state index contributed by atoms with van der Waals surface area (Å²) in [6.45, 7) is 8.06. The fourth-order valence-electron chi connectivity index (χ4n) is 2.01. The number of hydrogen-bond acceptors (Lipinski definition) is 3. The number of carbonyl (C=O) groups is 1. The predicted molar refractivity (Wildman–Crippen MR) is 80.0 cm³/mol. The summed E-state index contributed by atoms with van der Waals surface area (Å²) in [6.07, 6.45) is 5.04. The summed E-state index contributed by atoms with van der Waals surface area (Å²) in [5.74, 6) is 2.06. The van der Waals surface area contributed by atoms with Crippen LogP contribution in [0.25, 0.3) is 0 Å². The second kappa shape index (κ2) is 8.81. The molecule has 1 rings (SSSR count). The molecule has 0 radical (unpaired) electrons. The lowest BCUT2D eigenvalue weighted by Gasteiger charge is -2.23. The molecule has 3 nitrogen and oxygen atoms in total. The van der Waals surface area contributed by atoms with Gasteiger partial charge in [0.15, 0.2) is 0 Å². The van der Waals surface area contributed by atoms with E-state index in [0.717, 1.165) is 19.5 Å². The molecule has 1 heterocycles. The Balaban J connectivity index is 2.10. The van der Waals surface area contributed by atoms with E-state index in [9.17, 15) is 4.79 Å². The molecule has 1 saturated heterocycles. The molecule has 2 atom stereocenters. The van der Waals surface area contributed by atoms with Gasteiger partial charge in [-0.1, -0.05) is 20.3 Å². The minimum atomic E-state index is -0.0697. The zero-order chi connectivity index (χ0) is 13.4. The Morgan fingerprint density at radius 1 is 1.33 bits per heavy atom. The van der Waals surface area contributed by atoms with Crippen LogP contribution in [-0.2, 0) is 4.79 Å². The van der Waals surface area contributed by atoms with Gasteiger partial charge in [0.2, 0.25) is 5.91 Å². The summed E-state index contributed by atoms with van der Waals surface area (Å²) in [7, 11) is 0. The Kier molecular flexibility index (Phi) is 7.75. The lowest BCUT2D eigenvalue weighted by molar-refractivity contribution is -0.122. The van der Waals surface area contributed by atoms with Gasteiger partial charge in [0, 0.05) is 18.3 Å². The molecule has 1 amide bonds. The molecule has 2 unspecified atom stereocenters. The minimum Gasteiger partial charge on any atom is -0.355 e. The van der Waals surface area contributed by atoms with Gasteiger partial charge in [-0.2, -0.15) is 11.8 Å². The van der Waals surface area contributed by atoms with Gasteiger partial charge in [-0.05, 0) is 37.9 Å². The van der Waals surface area contributed by atoms with Crippen molar-refractivity contribution in [1.29, 1.82) is 0 Å². The normalized spacial score (nSPS) is 21.9. The van der Waals surface area contributed by atoms with Gasteiger partial charge in [0.25, 0.3) is 0 Å². The van der Waals surface area contributed by atoms with Crippen molar-refractivity contribution in [3.8, 4) is 0 Å². The van der Waals surface area contributed by atoms with Gasteiger partial charge in [0.05, 0.1) is 6.04 Å². The number of carbonyl (C=O) groups excluding carboxylic acids is 1. The minimum absolute atomic E-state index is 0.0697. The SMILES string of the molecule is CC(C)CCNC(=O)C(C)NCC1CCCCS1. The summed E-state index contributed by atoms with van der Waals surface area (Å²) in [5.41, 5.74) is 0. The van der Waals surface area contributed by atoms with Crippen LogP contribution in [0.15, 0.2) is 0 Å². The van der Waals surface area contributed by atoms with Crippen molar-refractivity contribution in [1.82, 2.24) is 10.6 Å². The number of thioether (sulfide) groups is 1. The highest BCUT2D eigenvalue weighted by atomic mass is 32.2. The maximum absolute atomic E-state index is 11.8. The fourth-order valence-corrected chi connectivity index (χ4v) is 3.26. The van der Waals surface area contributed by atoms with Crippen LogP contribution < -0.4 is 10.6 Å². The van der Waals surface area contributed by atoms with E-state index < -0.39 is 0 Å². The maximum Gasteiger partial charge on any atom is 0.236 e. The van der Waals surface area contributed by atoms with Crippen molar-refractivity contribution < 1.29 is 4.79 Å². The Labute approximate surface area is 116 Å². The standard InChI is InChI=1S/C14H28N2OS/c1-11(2)7-8-15-14(17)12(3)16-10-13-6-4-5-9-18-13/h11-13,16H,4-10H2,1-3H3,(H,15,17). The van der Waals surface area contributed by atoms with E-state index in [1.165, 1.54) is 25.0 Å². The molecule has 2 N–H and O–H groups in total. The first-order chi connectivity index (χ1) is 8.59. The van der Waals surface area contributed by atoms with E-state index in [1.807, 2.05) is 18.7 Å². The highest BCUT2D eigenvalue weighted by Crippen LogP contribution is 2.24. The van der Waals surface area contributed by atoms with Gasteiger partial charge < -0.3 is 10.6 Å². The number of hydrogen-bond donors (Lipinski definition) is 2. The molecular weight excluding hydrogens is 244 g/mol. The van der Waals surface area contributed by atoms with E-state index in [-0.39, 0.29) is 11.9 Å². The molecule has 4 heteroatoms. The van der Waals surface area contributed by atoms with E-state index in [1.54, 1.807) is 0 Å². The third-order valence-corrected chi connectivity index (χ3v) is 4.74. The van der Waals surface area contributed by atoms with E-state index in [0.29, 0.717) is 11.2 Å². The molecule has 0 saturated carbocycles. The Bertz CT molecular complexity index is 240. The molecule has 0 aliphatic carbocycles. The molecule has 0 aromatic carbocycles. The summed E-state index contributed by atoms with van der Waals surface area (Å²) in [6, 6.07) is -0.0697. The maximum atomic E-state index is 11.8. The molecule has 0 aromatic heterocycles. The van der Waals surface area contributed by atoms with Crippen molar-refractivity contribution in [2.45, 2.75) is 57.7 Å². The summed E-state index contributed by atoms with van der Waals surface area (Å²) in [5, 5.41) is 7.05. The average molecular weight is 272 g/mol.